The minimum absolute atomic E-state index is 0.286. The van der Waals surface area contributed by atoms with Crippen LogP contribution in [0, 0.1) is 0 Å². The molecular formula is C11H17NO3PS+. The first kappa shape index (κ1) is 14.5. The molecule has 0 aromatic heterocycles. The fraction of sp³-hybridized carbons (Fsp3) is 0.364. The summed E-state index contributed by atoms with van der Waals surface area (Å²) in [5.74, 6) is -0.493. The van der Waals surface area contributed by atoms with Crippen molar-refractivity contribution in [2.75, 3.05) is 0 Å². The van der Waals surface area contributed by atoms with E-state index in [0.29, 0.717) is 5.56 Å². The number of primary amides is 1. The summed E-state index contributed by atoms with van der Waals surface area (Å²) in [6.07, 6.45) is 0. The maximum absolute atomic E-state index is 11.3. The van der Waals surface area contributed by atoms with Crippen LogP contribution in [0.3, 0.4) is 0 Å². The lowest BCUT2D eigenvalue weighted by Crippen LogP contribution is -2.22. The predicted molar refractivity (Wildman–Crippen MR) is 72.8 cm³/mol. The maximum Gasteiger partial charge on any atom is 0.341 e. The zero-order valence-corrected chi connectivity index (χ0v) is 11.5. The molecule has 1 amide bonds. The molecule has 0 radical (unpaired) electrons. The fourth-order valence-corrected chi connectivity index (χ4v) is 3.27. The third-order valence-electron chi connectivity index (χ3n) is 2.51. The van der Waals surface area contributed by atoms with Crippen LogP contribution in [0.25, 0.3) is 0 Å². The number of hydrogen-bond acceptors (Lipinski definition) is 4. The Labute approximate surface area is 107 Å². The molecule has 1 atom stereocenters. The number of benzene rings is 1. The smallest absolute Gasteiger partial charge is 0.341 e. The first-order valence-electron chi connectivity index (χ1n) is 5.19. The molecule has 0 spiro atoms. The molecule has 17 heavy (non-hydrogen) atoms. The zero-order valence-electron chi connectivity index (χ0n) is 9.74. The van der Waals surface area contributed by atoms with Crippen LogP contribution in [0.15, 0.2) is 24.3 Å². The highest BCUT2D eigenvalue weighted by Gasteiger charge is 2.46. The van der Waals surface area contributed by atoms with E-state index in [1.165, 1.54) is 0 Å². The highest BCUT2D eigenvalue weighted by atomic mass is 32.7. The van der Waals surface area contributed by atoms with Crippen LogP contribution in [0.2, 0.25) is 0 Å². The molecule has 1 aromatic rings. The number of rotatable bonds is 4. The molecule has 94 valence electrons. The Bertz CT molecular complexity index is 417. The van der Waals surface area contributed by atoms with Gasteiger partial charge in [0.1, 0.15) is 0 Å². The SMILES string of the molecule is CC(C)c1cccc(C(C(N)=O)[P+](O)(O)S)c1. The normalized spacial score (nSPS) is 13.8. The van der Waals surface area contributed by atoms with Gasteiger partial charge in [0, 0.05) is 5.56 Å². The largest absolute Gasteiger partial charge is 0.366 e. The van der Waals surface area contributed by atoms with Gasteiger partial charge < -0.3 is 5.73 Å². The number of carbonyl (C=O) groups is 1. The van der Waals surface area contributed by atoms with Gasteiger partial charge in [0.15, 0.2) is 0 Å². The van der Waals surface area contributed by atoms with Crippen molar-refractivity contribution >= 4 is 25.1 Å². The van der Waals surface area contributed by atoms with E-state index in [-0.39, 0.29) is 5.92 Å². The second-order valence-electron chi connectivity index (χ2n) is 4.24. The first-order valence-corrected chi connectivity index (χ1v) is 8.11. The maximum atomic E-state index is 11.3. The summed E-state index contributed by atoms with van der Waals surface area (Å²) < 4.78 is 0. The highest BCUT2D eigenvalue weighted by Crippen LogP contribution is 2.66. The Hall–Kier alpha value is -0.610. The molecule has 0 aliphatic carbocycles. The van der Waals surface area contributed by atoms with Crippen molar-refractivity contribution in [2.45, 2.75) is 25.4 Å². The second-order valence-corrected chi connectivity index (χ2v) is 7.76. The van der Waals surface area contributed by atoms with Crippen LogP contribution in [0.5, 0.6) is 0 Å². The standard InChI is InChI=1S/C11H16NO3PS/c1-7(2)8-4-3-5-9(6-8)10(11(12)13)16(14,15)17/h3-7,10,14-15,17H,1-2H3,(H-,12,13)/p+1. The molecule has 0 aliphatic rings. The number of hydrogen-bond donors (Lipinski definition) is 4. The van der Waals surface area contributed by atoms with E-state index >= 15 is 0 Å². The van der Waals surface area contributed by atoms with Crippen molar-refractivity contribution in [2.24, 2.45) is 5.73 Å². The van der Waals surface area contributed by atoms with Gasteiger partial charge in [0.2, 0.25) is 5.66 Å². The Morgan fingerprint density at radius 1 is 1.35 bits per heavy atom. The lowest BCUT2D eigenvalue weighted by atomic mass is 9.99. The van der Waals surface area contributed by atoms with Crippen molar-refractivity contribution in [1.29, 1.82) is 0 Å². The Morgan fingerprint density at radius 2 is 1.88 bits per heavy atom. The quantitative estimate of drug-likeness (QED) is 0.500. The molecule has 6 heteroatoms. The topological polar surface area (TPSA) is 83.6 Å². The van der Waals surface area contributed by atoms with Crippen LogP contribution >= 0.6 is 19.2 Å². The summed E-state index contributed by atoms with van der Waals surface area (Å²) in [6, 6.07) is 7.10. The molecule has 0 bridgehead atoms. The van der Waals surface area contributed by atoms with Gasteiger partial charge in [-0.2, -0.15) is 0 Å². The summed E-state index contributed by atoms with van der Waals surface area (Å²) >= 11 is 3.71. The van der Waals surface area contributed by atoms with E-state index in [4.69, 9.17) is 5.73 Å². The van der Waals surface area contributed by atoms with Gasteiger partial charge in [0.05, 0.1) is 12.2 Å². The predicted octanol–water partition coefficient (Wildman–Crippen LogP) is 2.01. The van der Waals surface area contributed by atoms with Gasteiger partial charge in [-0.05, 0) is 11.5 Å². The van der Waals surface area contributed by atoms with Gasteiger partial charge in [-0.25, -0.2) is 9.79 Å². The number of nitrogens with two attached hydrogens (primary N) is 1. The van der Waals surface area contributed by atoms with E-state index in [2.05, 4.69) is 12.2 Å². The molecule has 0 saturated heterocycles. The summed E-state index contributed by atoms with van der Waals surface area (Å²) in [5.41, 5.74) is 5.56. The summed E-state index contributed by atoms with van der Waals surface area (Å²) in [5, 5.41) is 0. The fourth-order valence-electron chi connectivity index (χ4n) is 1.62. The van der Waals surface area contributed by atoms with Crippen LogP contribution in [-0.2, 0) is 4.79 Å². The van der Waals surface area contributed by atoms with Crippen molar-refractivity contribution in [1.82, 2.24) is 0 Å². The van der Waals surface area contributed by atoms with Gasteiger partial charge in [-0.3, -0.25) is 4.79 Å². The number of amides is 1. The molecule has 0 fully saturated rings. The molecule has 1 rings (SSSR count). The Balaban J connectivity index is 3.20. The van der Waals surface area contributed by atoms with Crippen LogP contribution in [-0.4, -0.2) is 15.7 Å². The molecule has 1 aromatic carbocycles. The van der Waals surface area contributed by atoms with E-state index in [9.17, 15) is 14.6 Å². The van der Waals surface area contributed by atoms with Crippen molar-refractivity contribution in [3.63, 3.8) is 0 Å². The summed E-state index contributed by atoms with van der Waals surface area (Å²) in [7, 11) is 0. The van der Waals surface area contributed by atoms with Crippen LogP contribution in [0.1, 0.15) is 36.6 Å². The van der Waals surface area contributed by atoms with E-state index in [0.717, 1.165) is 5.56 Å². The second kappa shape index (κ2) is 5.36. The summed E-state index contributed by atoms with van der Waals surface area (Å²) in [6.45, 7) is 0.392. The van der Waals surface area contributed by atoms with Gasteiger partial charge >= 0.3 is 6.92 Å². The first-order chi connectivity index (χ1) is 7.73. The number of thiol groups is 1. The molecular weight excluding hydrogens is 257 g/mol. The van der Waals surface area contributed by atoms with E-state index in [1.807, 2.05) is 19.9 Å². The average molecular weight is 274 g/mol. The molecule has 0 saturated carbocycles. The van der Waals surface area contributed by atoms with Gasteiger partial charge in [-0.1, -0.05) is 38.1 Å². The molecule has 0 aliphatic heterocycles. The van der Waals surface area contributed by atoms with Crippen LogP contribution in [0.4, 0.5) is 0 Å². The molecule has 0 heterocycles. The van der Waals surface area contributed by atoms with Crippen LogP contribution < -0.4 is 5.73 Å². The average Bonchev–Trinajstić information content (AvgIpc) is 2.15. The molecule has 1 unspecified atom stereocenters. The molecule has 4 nitrogen and oxygen atoms in total. The van der Waals surface area contributed by atoms with E-state index < -0.39 is 18.5 Å². The zero-order chi connectivity index (χ0) is 13.2. The lowest BCUT2D eigenvalue weighted by Gasteiger charge is -2.16. The van der Waals surface area contributed by atoms with Gasteiger partial charge in [-0.15, -0.1) is 0 Å². The highest BCUT2D eigenvalue weighted by molar-refractivity contribution is 8.49. The monoisotopic (exact) mass is 274 g/mol. The Kier molecular flexibility index (Phi) is 4.55. The third kappa shape index (κ3) is 3.68. The third-order valence-corrected chi connectivity index (χ3v) is 4.45. The van der Waals surface area contributed by atoms with Crippen molar-refractivity contribution in [3.05, 3.63) is 35.4 Å². The van der Waals surface area contributed by atoms with Crippen molar-refractivity contribution in [3.8, 4) is 0 Å². The van der Waals surface area contributed by atoms with Crippen molar-refractivity contribution < 1.29 is 14.6 Å². The molecule has 4 N–H and O–H groups in total. The van der Waals surface area contributed by atoms with E-state index in [1.54, 1.807) is 18.2 Å². The summed E-state index contributed by atoms with van der Waals surface area (Å²) in [4.78, 5) is 30.4. The number of carbonyl (C=O) groups excluding carboxylic acids is 1. The minimum Gasteiger partial charge on any atom is -0.366 e. The minimum atomic E-state index is -3.63. The lowest BCUT2D eigenvalue weighted by molar-refractivity contribution is -0.117. The Morgan fingerprint density at radius 3 is 2.29 bits per heavy atom. The van der Waals surface area contributed by atoms with Gasteiger partial charge in [0.25, 0.3) is 5.91 Å².